The highest BCUT2D eigenvalue weighted by Gasteiger charge is 2.04. The number of aromatic nitrogens is 2. The SMILES string of the molecule is c1cnc2c(c1)ccc1c3c[nH]cc3ccc12. The lowest BCUT2D eigenvalue weighted by atomic mass is 10.0. The van der Waals surface area contributed by atoms with Crippen LogP contribution >= 0.6 is 0 Å². The first kappa shape index (κ1) is 8.76. The van der Waals surface area contributed by atoms with Crippen molar-refractivity contribution >= 4 is 32.4 Å². The normalized spacial score (nSPS) is 11.5. The summed E-state index contributed by atoms with van der Waals surface area (Å²) >= 11 is 0. The Bertz CT molecular complexity index is 843. The summed E-state index contributed by atoms with van der Waals surface area (Å²) < 4.78 is 0. The van der Waals surface area contributed by atoms with Crippen molar-refractivity contribution in [3.05, 3.63) is 55.0 Å². The number of benzene rings is 2. The number of nitrogens with one attached hydrogen (secondary N) is 1. The Hall–Kier alpha value is -2.35. The van der Waals surface area contributed by atoms with Crippen LogP contribution in [0.3, 0.4) is 0 Å². The van der Waals surface area contributed by atoms with Crippen LogP contribution in [0.4, 0.5) is 0 Å². The number of pyridine rings is 1. The van der Waals surface area contributed by atoms with Gasteiger partial charge in [-0.25, -0.2) is 0 Å². The molecule has 0 unspecified atom stereocenters. The number of aromatic amines is 1. The van der Waals surface area contributed by atoms with Gasteiger partial charge in [-0.2, -0.15) is 0 Å². The maximum Gasteiger partial charge on any atom is 0.0780 e. The fourth-order valence-electron chi connectivity index (χ4n) is 2.49. The van der Waals surface area contributed by atoms with Gasteiger partial charge in [0.05, 0.1) is 5.52 Å². The summed E-state index contributed by atoms with van der Waals surface area (Å²) in [5, 5.41) is 6.17. The predicted molar refractivity (Wildman–Crippen MR) is 71.1 cm³/mol. The molecule has 0 aliphatic heterocycles. The highest BCUT2D eigenvalue weighted by Crippen LogP contribution is 2.29. The summed E-state index contributed by atoms with van der Waals surface area (Å²) in [6, 6.07) is 12.7. The lowest BCUT2D eigenvalue weighted by Gasteiger charge is -2.03. The highest BCUT2D eigenvalue weighted by atomic mass is 14.7. The largest absolute Gasteiger partial charge is 0.366 e. The third kappa shape index (κ3) is 1.12. The van der Waals surface area contributed by atoms with Crippen molar-refractivity contribution in [2.24, 2.45) is 0 Å². The molecule has 0 atom stereocenters. The fraction of sp³-hybridized carbons (Fsp3) is 0. The lowest BCUT2D eigenvalue weighted by molar-refractivity contribution is 1.43. The van der Waals surface area contributed by atoms with Crippen molar-refractivity contribution < 1.29 is 0 Å². The standard InChI is InChI=1S/C15H10N2/c1-2-10-3-5-12-13(15(10)17-7-1)6-4-11-8-16-9-14(11)12/h1-9,16H. The Morgan fingerprint density at radius 3 is 2.65 bits per heavy atom. The van der Waals surface area contributed by atoms with Crippen molar-refractivity contribution in [3.8, 4) is 0 Å². The Morgan fingerprint density at radius 2 is 1.65 bits per heavy atom. The molecule has 0 spiro atoms. The zero-order chi connectivity index (χ0) is 11.2. The molecule has 0 saturated heterocycles. The molecule has 17 heavy (non-hydrogen) atoms. The highest BCUT2D eigenvalue weighted by molar-refractivity contribution is 6.15. The van der Waals surface area contributed by atoms with Crippen LogP contribution in [0, 0.1) is 0 Å². The molecule has 0 amide bonds. The molecule has 4 aromatic rings. The minimum atomic E-state index is 1.08. The molecule has 2 heterocycles. The van der Waals surface area contributed by atoms with E-state index >= 15 is 0 Å². The lowest BCUT2D eigenvalue weighted by Crippen LogP contribution is -1.81. The van der Waals surface area contributed by atoms with Crippen molar-refractivity contribution in [2.75, 3.05) is 0 Å². The van der Waals surface area contributed by atoms with Gasteiger partial charge in [0.1, 0.15) is 0 Å². The molecule has 1 N–H and O–H groups in total. The summed E-state index contributed by atoms with van der Waals surface area (Å²) in [4.78, 5) is 7.65. The third-order valence-electron chi connectivity index (χ3n) is 3.31. The molecule has 0 fully saturated rings. The Morgan fingerprint density at radius 1 is 0.765 bits per heavy atom. The van der Waals surface area contributed by atoms with Crippen molar-refractivity contribution in [1.29, 1.82) is 0 Å². The monoisotopic (exact) mass is 218 g/mol. The van der Waals surface area contributed by atoms with E-state index in [1.54, 1.807) is 0 Å². The quantitative estimate of drug-likeness (QED) is 0.446. The van der Waals surface area contributed by atoms with Crippen LogP contribution < -0.4 is 0 Å². The molecule has 2 aromatic heterocycles. The first-order valence-corrected chi connectivity index (χ1v) is 5.66. The molecule has 0 saturated carbocycles. The molecule has 2 aromatic carbocycles. The fourth-order valence-corrected chi connectivity index (χ4v) is 2.49. The van der Waals surface area contributed by atoms with Crippen LogP contribution in [-0.2, 0) is 0 Å². The van der Waals surface area contributed by atoms with Crippen molar-refractivity contribution in [1.82, 2.24) is 9.97 Å². The van der Waals surface area contributed by atoms with E-state index in [2.05, 4.69) is 40.3 Å². The van der Waals surface area contributed by atoms with Gasteiger partial charge in [0, 0.05) is 34.7 Å². The van der Waals surface area contributed by atoms with E-state index in [1.807, 2.05) is 24.7 Å². The first-order valence-electron chi connectivity index (χ1n) is 5.66. The molecule has 0 aliphatic rings. The smallest absolute Gasteiger partial charge is 0.0780 e. The summed E-state index contributed by atoms with van der Waals surface area (Å²) in [6.45, 7) is 0. The molecular formula is C15H10N2. The second-order valence-electron chi connectivity index (χ2n) is 4.26. The Labute approximate surface area is 97.9 Å². The van der Waals surface area contributed by atoms with Crippen LogP contribution in [-0.4, -0.2) is 9.97 Å². The molecule has 4 rings (SSSR count). The van der Waals surface area contributed by atoms with Gasteiger partial charge in [0.25, 0.3) is 0 Å². The number of H-pyrrole nitrogens is 1. The minimum absolute atomic E-state index is 1.08. The van der Waals surface area contributed by atoms with Crippen LogP contribution in [0.15, 0.2) is 55.0 Å². The second kappa shape index (κ2) is 3.08. The summed E-state index contributed by atoms with van der Waals surface area (Å²) in [7, 11) is 0. The van der Waals surface area contributed by atoms with Crippen molar-refractivity contribution in [3.63, 3.8) is 0 Å². The van der Waals surface area contributed by atoms with Gasteiger partial charge < -0.3 is 4.98 Å². The maximum absolute atomic E-state index is 4.49. The van der Waals surface area contributed by atoms with Gasteiger partial charge in [-0.15, -0.1) is 0 Å². The molecule has 0 aliphatic carbocycles. The number of hydrogen-bond acceptors (Lipinski definition) is 1. The molecule has 80 valence electrons. The van der Waals surface area contributed by atoms with E-state index in [-0.39, 0.29) is 0 Å². The summed E-state index contributed by atoms with van der Waals surface area (Å²) in [5.41, 5.74) is 1.08. The zero-order valence-corrected chi connectivity index (χ0v) is 9.14. The van der Waals surface area contributed by atoms with Gasteiger partial charge >= 0.3 is 0 Å². The second-order valence-corrected chi connectivity index (χ2v) is 4.26. The van der Waals surface area contributed by atoms with Gasteiger partial charge in [-0.1, -0.05) is 30.3 Å². The number of nitrogens with zero attached hydrogens (tertiary/aromatic N) is 1. The Balaban J connectivity index is 2.34. The number of rotatable bonds is 0. The molecule has 2 heteroatoms. The van der Waals surface area contributed by atoms with Gasteiger partial charge in [0.15, 0.2) is 0 Å². The van der Waals surface area contributed by atoms with Gasteiger partial charge in [-0.3, -0.25) is 4.98 Å². The number of hydrogen-bond donors (Lipinski definition) is 1. The van der Waals surface area contributed by atoms with E-state index in [9.17, 15) is 0 Å². The van der Waals surface area contributed by atoms with E-state index in [0.29, 0.717) is 0 Å². The molecule has 0 bridgehead atoms. The van der Waals surface area contributed by atoms with E-state index in [4.69, 9.17) is 0 Å². The van der Waals surface area contributed by atoms with E-state index in [0.717, 1.165) is 5.52 Å². The average Bonchev–Trinajstić information content (AvgIpc) is 2.86. The summed E-state index contributed by atoms with van der Waals surface area (Å²) in [6.07, 6.45) is 5.92. The van der Waals surface area contributed by atoms with E-state index in [1.165, 1.54) is 26.9 Å². The van der Waals surface area contributed by atoms with Crippen LogP contribution in [0.5, 0.6) is 0 Å². The predicted octanol–water partition coefficient (Wildman–Crippen LogP) is 3.87. The van der Waals surface area contributed by atoms with Gasteiger partial charge in [-0.05, 0) is 16.8 Å². The topological polar surface area (TPSA) is 28.7 Å². The zero-order valence-electron chi connectivity index (χ0n) is 9.14. The van der Waals surface area contributed by atoms with Crippen LogP contribution in [0.1, 0.15) is 0 Å². The van der Waals surface area contributed by atoms with Crippen molar-refractivity contribution in [2.45, 2.75) is 0 Å². The first-order chi connectivity index (χ1) is 8.43. The van der Waals surface area contributed by atoms with Gasteiger partial charge in [0.2, 0.25) is 0 Å². The third-order valence-corrected chi connectivity index (χ3v) is 3.31. The van der Waals surface area contributed by atoms with Crippen LogP contribution in [0.25, 0.3) is 32.4 Å². The van der Waals surface area contributed by atoms with Crippen LogP contribution in [0.2, 0.25) is 0 Å². The summed E-state index contributed by atoms with van der Waals surface area (Å²) in [5.74, 6) is 0. The van der Waals surface area contributed by atoms with E-state index < -0.39 is 0 Å². The number of fused-ring (bicyclic) bond motifs is 5. The Kier molecular flexibility index (Phi) is 1.59. The minimum Gasteiger partial charge on any atom is -0.366 e. The average molecular weight is 218 g/mol. The molecule has 2 nitrogen and oxygen atoms in total. The molecular weight excluding hydrogens is 208 g/mol. The maximum atomic E-state index is 4.49. The molecule has 0 radical (unpaired) electrons.